The molecule has 0 bridgehead atoms. The van der Waals surface area contributed by atoms with Crippen LogP contribution in [-0.4, -0.2) is 12.6 Å². The molecule has 0 aromatic rings. The van der Waals surface area contributed by atoms with Crippen LogP contribution >= 0.6 is 0 Å². The molecule has 0 radical (unpaired) electrons. The molecule has 1 N–H and O–H groups in total. The van der Waals surface area contributed by atoms with E-state index in [1.165, 1.54) is 6.42 Å². The Hall–Kier alpha value is -0.0400. The summed E-state index contributed by atoms with van der Waals surface area (Å²) in [6.07, 6.45) is 1.26. The van der Waals surface area contributed by atoms with E-state index in [1.807, 2.05) is 0 Å². The molecule has 0 aliphatic carbocycles. The Bertz CT molecular complexity index is 113. The lowest BCUT2D eigenvalue weighted by atomic mass is 9.78. The first-order chi connectivity index (χ1) is 5.43. The smallest absolute Gasteiger partial charge is 0.0141 e. The summed E-state index contributed by atoms with van der Waals surface area (Å²) in [5, 5.41) is 3.57. The van der Waals surface area contributed by atoms with Crippen molar-refractivity contribution >= 4 is 0 Å². The van der Waals surface area contributed by atoms with Crippen LogP contribution in [0.15, 0.2) is 0 Å². The summed E-state index contributed by atoms with van der Waals surface area (Å²) < 4.78 is 0. The van der Waals surface area contributed by atoms with E-state index in [1.54, 1.807) is 0 Å². The minimum absolute atomic E-state index is 0.380. The maximum Gasteiger partial charge on any atom is 0.0141 e. The van der Waals surface area contributed by atoms with Gasteiger partial charge < -0.3 is 5.32 Å². The van der Waals surface area contributed by atoms with Gasteiger partial charge in [-0.05, 0) is 17.9 Å². The van der Waals surface area contributed by atoms with E-state index in [4.69, 9.17) is 0 Å². The highest BCUT2D eigenvalue weighted by molar-refractivity contribution is 4.83. The Balaban J connectivity index is 4.22. The van der Waals surface area contributed by atoms with Gasteiger partial charge in [-0.1, -0.05) is 48.0 Å². The van der Waals surface area contributed by atoms with Gasteiger partial charge in [-0.15, -0.1) is 0 Å². The van der Waals surface area contributed by atoms with Gasteiger partial charge in [0.05, 0.1) is 0 Å². The predicted molar refractivity (Wildman–Crippen MR) is 56.4 cm³/mol. The molecule has 74 valence electrons. The van der Waals surface area contributed by atoms with E-state index in [0.717, 1.165) is 12.5 Å². The van der Waals surface area contributed by atoms with E-state index >= 15 is 0 Å². The molecule has 0 heterocycles. The van der Waals surface area contributed by atoms with Crippen LogP contribution in [0.4, 0.5) is 0 Å². The summed E-state index contributed by atoms with van der Waals surface area (Å²) in [7, 11) is 0. The Labute approximate surface area is 77.9 Å². The normalized spacial score (nSPS) is 17.5. The number of nitrogens with one attached hydrogen (secondary N) is 1. The van der Waals surface area contributed by atoms with Crippen molar-refractivity contribution in [2.75, 3.05) is 6.54 Å². The van der Waals surface area contributed by atoms with Gasteiger partial charge in [0, 0.05) is 6.04 Å². The zero-order chi connectivity index (χ0) is 9.78. The molecule has 0 aromatic heterocycles. The van der Waals surface area contributed by atoms with E-state index < -0.39 is 0 Å². The first-order valence-electron chi connectivity index (χ1n) is 5.16. The zero-order valence-corrected chi connectivity index (χ0v) is 9.57. The third-order valence-corrected chi connectivity index (χ3v) is 2.57. The fourth-order valence-corrected chi connectivity index (χ4v) is 1.82. The maximum atomic E-state index is 3.57. The molecule has 0 spiro atoms. The first kappa shape index (κ1) is 12.0. The quantitative estimate of drug-likeness (QED) is 0.685. The van der Waals surface area contributed by atoms with Gasteiger partial charge in [0.25, 0.3) is 0 Å². The average molecular weight is 171 g/mol. The van der Waals surface area contributed by atoms with Crippen LogP contribution in [0.1, 0.15) is 48.0 Å². The summed E-state index contributed by atoms with van der Waals surface area (Å²) >= 11 is 0. The highest BCUT2D eigenvalue weighted by Gasteiger charge is 2.27. The van der Waals surface area contributed by atoms with Crippen LogP contribution < -0.4 is 5.32 Å². The Morgan fingerprint density at radius 1 is 1.17 bits per heavy atom. The van der Waals surface area contributed by atoms with Crippen LogP contribution in [0.25, 0.3) is 0 Å². The van der Waals surface area contributed by atoms with E-state index in [0.29, 0.717) is 11.5 Å². The Morgan fingerprint density at radius 2 is 1.67 bits per heavy atom. The summed E-state index contributed by atoms with van der Waals surface area (Å²) in [6.45, 7) is 14.8. The number of hydrogen-bond acceptors (Lipinski definition) is 1. The minimum Gasteiger partial charge on any atom is -0.313 e. The SMILES string of the molecule is CCNC(C(C)CC)C(C)(C)C. The lowest BCUT2D eigenvalue weighted by molar-refractivity contribution is 0.201. The Morgan fingerprint density at radius 3 is 1.92 bits per heavy atom. The topological polar surface area (TPSA) is 12.0 Å². The fourth-order valence-electron chi connectivity index (χ4n) is 1.82. The molecule has 2 unspecified atom stereocenters. The molecule has 1 heteroatoms. The average Bonchev–Trinajstić information content (AvgIpc) is 1.96. The third kappa shape index (κ3) is 3.57. The summed E-state index contributed by atoms with van der Waals surface area (Å²) in [5.41, 5.74) is 0.380. The van der Waals surface area contributed by atoms with Crippen molar-refractivity contribution < 1.29 is 0 Å². The van der Waals surface area contributed by atoms with Crippen LogP contribution in [0, 0.1) is 11.3 Å². The molecule has 0 saturated heterocycles. The molecule has 12 heavy (non-hydrogen) atoms. The molecular weight excluding hydrogens is 146 g/mol. The largest absolute Gasteiger partial charge is 0.313 e. The van der Waals surface area contributed by atoms with Gasteiger partial charge in [-0.3, -0.25) is 0 Å². The van der Waals surface area contributed by atoms with Gasteiger partial charge in [0.1, 0.15) is 0 Å². The second kappa shape index (κ2) is 4.86. The third-order valence-electron chi connectivity index (χ3n) is 2.57. The molecule has 0 aliphatic heterocycles. The predicted octanol–water partition coefficient (Wildman–Crippen LogP) is 3.06. The lowest BCUT2D eigenvalue weighted by Crippen LogP contribution is -2.44. The maximum absolute atomic E-state index is 3.57. The molecule has 0 aliphatic rings. The van der Waals surface area contributed by atoms with Gasteiger partial charge in [0.15, 0.2) is 0 Å². The summed E-state index contributed by atoms with van der Waals surface area (Å²) in [5.74, 6) is 0.768. The molecule has 0 rings (SSSR count). The molecule has 0 amide bonds. The lowest BCUT2D eigenvalue weighted by Gasteiger charge is -2.35. The van der Waals surface area contributed by atoms with Crippen molar-refractivity contribution in [1.29, 1.82) is 0 Å². The summed E-state index contributed by atoms with van der Waals surface area (Å²) in [6, 6.07) is 0.646. The van der Waals surface area contributed by atoms with Crippen LogP contribution in [0.5, 0.6) is 0 Å². The monoisotopic (exact) mass is 171 g/mol. The second-order valence-corrected chi connectivity index (χ2v) is 4.79. The van der Waals surface area contributed by atoms with Crippen molar-refractivity contribution in [1.82, 2.24) is 5.32 Å². The van der Waals surface area contributed by atoms with Gasteiger partial charge >= 0.3 is 0 Å². The van der Waals surface area contributed by atoms with Crippen molar-refractivity contribution in [2.45, 2.75) is 54.0 Å². The first-order valence-corrected chi connectivity index (χ1v) is 5.16. The van der Waals surface area contributed by atoms with E-state index in [2.05, 4.69) is 46.9 Å². The molecule has 2 atom stereocenters. The molecule has 0 fully saturated rings. The second-order valence-electron chi connectivity index (χ2n) is 4.79. The van der Waals surface area contributed by atoms with Crippen molar-refractivity contribution in [2.24, 2.45) is 11.3 Å². The fraction of sp³-hybridized carbons (Fsp3) is 1.00. The van der Waals surface area contributed by atoms with Gasteiger partial charge in [-0.2, -0.15) is 0 Å². The van der Waals surface area contributed by atoms with Crippen LogP contribution in [-0.2, 0) is 0 Å². The Kier molecular flexibility index (Phi) is 4.84. The van der Waals surface area contributed by atoms with Gasteiger partial charge in [0.2, 0.25) is 0 Å². The standard InChI is InChI=1S/C11H25N/c1-7-9(3)10(12-8-2)11(4,5)6/h9-10,12H,7-8H2,1-6H3. The molecular formula is C11H25N. The van der Waals surface area contributed by atoms with Crippen molar-refractivity contribution in [3.8, 4) is 0 Å². The van der Waals surface area contributed by atoms with E-state index in [9.17, 15) is 0 Å². The number of rotatable bonds is 4. The highest BCUT2D eigenvalue weighted by atomic mass is 14.9. The van der Waals surface area contributed by atoms with Crippen LogP contribution in [0.3, 0.4) is 0 Å². The zero-order valence-electron chi connectivity index (χ0n) is 9.57. The number of hydrogen-bond donors (Lipinski definition) is 1. The summed E-state index contributed by atoms with van der Waals surface area (Å²) in [4.78, 5) is 0. The van der Waals surface area contributed by atoms with Crippen molar-refractivity contribution in [3.63, 3.8) is 0 Å². The molecule has 0 saturated carbocycles. The van der Waals surface area contributed by atoms with Crippen LogP contribution in [0.2, 0.25) is 0 Å². The van der Waals surface area contributed by atoms with E-state index in [-0.39, 0.29) is 0 Å². The van der Waals surface area contributed by atoms with Crippen molar-refractivity contribution in [3.05, 3.63) is 0 Å². The molecule has 0 aromatic carbocycles. The highest BCUT2D eigenvalue weighted by Crippen LogP contribution is 2.26. The molecule has 1 nitrogen and oxygen atoms in total. The minimum atomic E-state index is 0.380. The van der Waals surface area contributed by atoms with Gasteiger partial charge in [-0.25, -0.2) is 0 Å².